The maximum Gasteiger partial charge on any atom is 0.306 e. The van der Waals surface area contributed by atoms with Gasteiger partial charge in [-0.1, -0.05) is 268 Å². The van der Waals surface area contributed by atoms with Gasteiger partial charge in [0.1, 0.15) is 13.2 Å². The highest BCUT2D eigenvalue weighted by atomic mass is 16.6. The highest BCUT2D eigenvalue weighted by Gasteiger charge is 2.19. The van der Waals surface area contributed by atoms with Crippen LogP contribution in [0, 0.1) is 0 Å². The van der Waals surface area contributed by atoms with Crippen molar-refractivity contribution in [1.29, 1.82) is 0 Å². The van der Waals surface area contributed by atoms with Crippen molar-refractivity contribution in [2.24, 2.45) is 0 Å². The van der Waals surface area contributed by atoms with Crippen LogP contribution in [0.4, 0.5) is 0 Å². The van der Waals surface area contributed by atoms with E-state index in [9.17, 15) is 14.4 Å². The first-order valence-electron chi connectivity index (χ1n) is 30.8. The molecule has 0 saturated carbocycles. The number of ether oxygens (including phenoxy) is 3. The van der Waals surface area contributed by atoms with Crippen molar-refractivity contribution in [2.45, 2.75) is 322 Å². The molecule has 6 heteroatoms. The molecule has 0 heterocycles. The molecule has 412 valence electrons. The molecule has 0 aliphatic rings. The van der Waals surface area contributed by atoms with E-state index in [1.807, 2.05) is 0 Å². The van der Waals surface area contributed by atoms with E-state index in [-0.39, 0.29) is 31.1 Å². The van der Waals surface area contributed by atoms with Crippen LogP contribution in [0.5, 0.6) is 0 Å². The molecule has 0 aliphatic carbocycles. The zero-order chi connectivity index (χ0) is 51.4. The van der Waals surface area contributed by atoms with Gasteiger partial charge in [0, 0.05) is 19.3 Å². The predicted molar refractivity (Wildman–Crippen MR) is 307 cm³/mol. The van der Waals surface area contributed by atoms with Crippen LogP contribution in [0.1, 0.15) is 316 Å². The van der Waals surface area contributed by atoms with Crippen LogP contribution in [0.2, 0.25) is 0 Å². The minimum absolute atomic E-state index is 0.0869. The van der Waals surface area contributed by atoms with Crippen LogP contribution in [-0.4, -0.2) is 37.2 Å². The second-order valence-electron chi connectivity index (χ2n) is 20.6. The monoisotopic (exact) mass is 993 g/mol. The molecule has 0 N–H and O–H groups in total. The van der Waals surface area contributed by atoms with E-state index in [0.717, 1.165) is 89.9 Å². The summed E-state index contributed by atoms with van der Waals surface area (Å²) in [6.07, 6.45) is 75.1. The summed E-state index contributed by atoms with van der Waals surface area (Å²) >= 11 is 0. The normalized spacial score (nSPS) is 12.4. The molecule has 0 unspecified atom stereocenters. The van der Waals surface area contributed by atoms with Gasteiger partial charge < -0.3 is 14.2 Å². The van der Waals surface area contributed by atoms with E-state index >= 15 is 0 Å². The number of unbranched alkanes of at least 4 members (excludes halogenated alkanes) is 35. The third-order valence-electron chi connectivity index (χ3n) is 13.5. The number of esters is 3. The van der Waals surface area contributed by atoms with Crippen LogP contribution in [0.15, 0.2) is 60.8 Å². The average molecular weight is 994 g/mol. The van der Waals surface area contributed by atoms with Crippen molar-refractivity contribution in [3.63, 3.8) is 0 Å². The van der Waals surface area contributed by atoms with Gasteiger partial charge in [0.25, 0.3) is 0 Å². The number of allylic oxidation sites excluding steroid dienone is 10. The molecule has 0 amide bonds. The summed E-state index contributed by atoms with van der Waals surface area (Å²) in [5, 5.41) is 0. The van der Waals surface area contributed by atoms with Gasteiger partial charge in [-0.15, -0.1) is 0 Å². The lowest BCUT2D eigenvalue weighted by atomic mass is 10.0. The van der Waals surface area contributed by atoms with Crippen LogP contribution in [-0.2, 0) is 28.6 Å². The standard InChI is InChI=1S/C65H116O6/c1-4-7-10-13-16-19-22-25-27-29-31-32-34-35-37-40-43-46-49-52-55-58-64(67)70-61-62(60-69-63(66)57-54-51-48-45-42-39-24-21-18-15-12-9-6-3)71-65(68)59-56-53-50-47-44-41-38-36-33-30-28-26-23-20-17-14-11-8-5-2/h17,20-21,24,26,28,33,36,41,44,62H,4-16,18-19,22-23,25,27,29-32,34-35,37-40,42-43,45-61H2,1-3H3/b20-17-,24-21-,28-26-,36-33-,44-41-/t62-/m1/s1. The number of carbonyl (C=O) groups excluding carboxylic acids is 3. The SMILES string of the molecule is CCCCC/C=C\C/C=C\C/C=C\C/C=C\CCCCCC(=O)O[C@H](COC(=O)CCCCCCC/C=C\CCCCCC)COC(=O)CCCCCCCCCCCCCCCCCCCCCCC. The van der Waals surface area contributed by atoms with Crippen molar-refractivity contribution in [2.75, 3.05) is 13.2 Å². The van der Waals surface area contributed by atoms with E-state index < -0.39 is 6.10 Å². The summed E-state index contributed by atoms with van der Waals surface area (Å²) in [4.78, 5) is 38.2. The molecule has 0 aromatic heterocycles. The molecular formula is C65H116O6. The van der Waals surface area contributed by atoms with Crippen LogP contribution < -0.4 is 0 Å². The summed E-state index contributed by atoms with van der Waals surface area (Å²) in [6.45, 7) is 6.60. The maximum atomic E-state index is 12.9. The first-order chi connectivity index (χ1) is 35.0. The highest BCUT2D eigenvalue weighted by molar-refractivity contribution is 5.71. The Labute approximate surface area is 440 Å². The number of hydrogen-bond donors (Lipinski definition) is 0. The van der Waals surface area contributed by atoms with Crippen molar-refractivity contribution < 1.29 is 28.6 Å². The molecule has 0 bridgehead atoms. The lowest BCUT2D eigenvalue weighted by Crippen LogP contribution is -2.30. The summed E-state index contributed by atoms with van der Waals surface area (Å²) in [5.74, 6) is -0.912. The van der Waals surface area contributed by atoms with Gasteiger partial charge in [-0.2, -0.15) is 0 Å². The molecule has 0 fully saturated rings. The lowest BCUT2D eigenvalue weighted by molar-refractivity contribution is -0.167. The molecule has 0 saturated heterocycles. The number of carbonyl (C=O) groups is 3. The molecule has 0 aliphatic heterocycles. The van der Waals surface area contributed by atoms with Gasteiger partial charge in [-0.05, 0) is 89.9 Å². The maximum absolute atomic E-state index is 12.9. The van der Waals surface area contributed by atoms with E-state index in [1.165, 1.54) is 186 Å². The molecule has 0 aromatic rings. The van der Waals surface area contributed by atoms with Gasteiger partial charge in [0.2, 0.25) is 0 Å². The van der Waals surface area contributed by atoms with Crippen LogP contribution >= 0.6 is 0 Å². The predicted octanol–water partition coefficient (Wildman–Crippen LogP) is 20.8. The summed E-state index contributed by atoms with van der Waals surface area (Å²) < 4.78 is 16.9. The van der Waals surface area contributed by atoms with Crippen molar-refractivity contribution in [3.05, 3.63) is 60.8 Å². The smallest absolute Gasteiger partial charge is 0.306 e. The van der Waals surface area contributed by atoms with E-state index in [4.69, 9.17) is 14.2 Å². The van der Waals surface area contributed by atoms with Crippen molar-refractivity contribution >= 4 is 17.9 Å². The van der Waals surface area contributed by atoms with Gasteiger partial charge in [0.05, 0.1) is 0 Å². The van der Waals surface area contributed by atoms with Crippen LogP contribution in [0.25, 0.3) is 0 Å². The third kappa shape index (κ3) is 57.9. The Balaban J connectivity index is 4.37. The van der Waals surface area contributed by atoms with Gasteiger partial charge in [-0.25, -0.2) is 0 Å². The Morgan fingerprint density at radius 2 is 0.507 bits per heavy atom. The van der Waals surface area contributed by atoms with Crippen LogP contribution in [0.3, 0.4) is 0 Å². The minimum Gasteiger partial charge on any atom is -0.462 e. The fourth-order valence-corrected chi connectivity index (χ4v) is 8.83. The molecule has 71 heavy (non-hydrogen) atoms. The Hall–Kier alpha value is -2.89. The Kier molecular flexibility index (Phi) is 57.2. The topological polar surface area (TPSA) is 78.9 Å². The fraction of sp³-hybridized carbons (Fsp3) is 0.800. The zero-order valence-electron chi connectivity index (χ0n) is 47.2. The fourth-order valence-electron chi connectivity index (χ4n) is 8.83. The Bertz CT molecular complexity index is 1280. The molecule has 6 nitrogen and oxygen atoms in total. The average Bonchev–Trinajstić information content (AvgIpc) is 3.37. The van der Waals surface area contributed by atoms with Gasteiger partial charge >= 0.3 is 17.9 Å². The first-order valence-corrected chi connectivity index (χ1v) is 30.8. The van der Waals surface area contributed by atoms with E-state index in [1.54, 1.807) is 0 Å². The molecule has 0 radical (unpaired) electrons. The molecular weight excluding hydrogens is 877 g/mol. The van der Waals surface area contributed by atoms with E-state index in [0.29, 0.717) is 19.3 Å². The van der Waals surface area contributed by atoms with Crippen molar-refractivity contribution in [1.82, 2.24) is 0 Å². The number of rotatable bonds is 56. The third-order valence-corrected chi connectivity index (χ3v) is 13.5. The zero-order valence-corrected chi connectivity index (χ0v) is 47.2. The Morgan fingerprint density at radius 1 is 0.282 bits per heavy atom. The summed E-state index contributed by atoms with van der Waals surface area (Å²) in [7, 11) is 0. The summed E-state index contributed by atoms with van der Waals surface area (Å²) in [6, 6.07) is 0. The second-order valence-corrected chi connectivity index (χ2v) is 20.6. The Morgan fingerprint density at radius 3 is 0.859 bits per heavy atom. The molecule has 1 atom stereocenters. The minimum atomic E-state index is -0.793. The molecule has 0 rings (SSSR count). The second kappa shape index (κ2) is 59.7. The first kappa shape index (κ1) is 68.1. The van der Waals surface area contributed by atoms with E-state index in [2.05, 4.69) is 81.5 Å². The summed E-state index contributed by atoms with van der Waals surface area (Å²) in [5.41, 5.74) is 0. The molecule has 0 aromatic carbocycles. The van der Waals surface area contributed by atoms with Gasteiger partial charge in [-0.3, -0.25) is 14.4 Å². The highest BCUT2D eigenvalue weighted by Crippen LogP contribution is 2.17. The number of hydrogen-bond acceptors (Lipinski definition) is 6. The lowest BCUT2D eigenvalue weighted by Gasteiger charge is -2.18. The quantitative estimate of drug-likeness (QED) is 0.0261. The van der Waals surface area contributed by atoms with Crippen molar-refractivity contribution in [3.8, 4) is 0 Å². The van der Waals surface area contributed by atoms with Gasteiger partial charge in [0.15, 0.2) is 6.10 Å². The largest absolute Gasteiger partial charge is 0.462 e. The molecule has 0 spiro atoms.